The van der Waals surface area contributed by atoms with Gasteiger partial charge in [0.2, 0.25) is 10.0 Å². The molecule has 1 N–H and O–H groups in total. The van der Waals surface area contributed by atoms with Crippen molar-refractivity contribution in [3.05, 3.63) is 53.6 Å². The van der Waals surface area contributed by atoms with Gasteiger partial charge in [-0.25, -0.2) is 13.1 Å². The van der Waals surface area contributed by atoms with Gasteiger partial charge in [0.25, 0.3) is 0 Å². The average Bonchev–Trinajstić information content (AvgIpc) is 3.10. The number of ether oxygens (including phenoxy) is 1. The second-order valence-corrected chi connectivity index (χ2v) is 8.31. The summed E-state index contributed by atoms with van der Waals surface area (Å²) in [6.45, 7) is 2.17. The molecule has 7 heteroatoms. The Labute approximate surface area is 153 Å². The molecule has 1 unspecified atom stereocenters. The Bertz CT molecular complexity index is 807. The van der Waals surface area contributed by atoms with Crippen LogP contribution < -0.4 is 14.4 Å². The molecule has 134 valence electrons. The fourth-order valence-electron chi connectivity index (χ4n) is 2.95. The minimum Gasteiger partial charge on any atom is -0.497 e. The molecule has 0 radical (unpaired) electrons. The third kappa shape index (κ3) is 4.45. The molecule has 1 heterocycles. The zero-order valence-corrected chi connectivity index (χ0v) is 15.6. The van der Waals surface area contributed by atoms with Crippen LogP contribution in [0.4, 0.5) is 5.69 Å². The van der Waals surface area contributed by atoms with Gasteiger partial charge in [0.15, 0.2) is 0 Å². The number of rotatable bonds is 6. The van der Waals surface area contributed by atoms with Crippen molar-refractivity contribution in [2.24, 2.45) is 5.92 Å². The molecule has 3 rings (SSSR count). The molecule has 1 aliphatic rings. The highest BCUT2D eigenvalue weighted by Gasteiger charge is 2.24. The molecule has 1 atom stereocenters. The van der Waals surface area contributed by atoms with Crippen LogP contribution in [0.2, 0.25) is 5.02 Å². The maximum absolute atomic E-state index is 12.4. The molecule has 1 aliphatic heterocycles. The Morgan fingerprint density at radius 1 is 1.16 bits per heavy atom. The summed E-state index contributed by atoms with van der Waals surface area (Å²) >= 11 is 5.92. The number of sulfonamides is 1. The maximum Gasteiger partial charge on any atom is 0.240 e. The van der Waals surface area contributed by atoms with E-state index in [-0.39, 0.29) is 10.8 Å². The molecule has 1 fully saturated rings. The number of nitrogens with one attached hydrogen (secondary N) is 1. The summed E-state index contributed by atoms with van der Waals surface area (Å²) in [7, 11) is -1.95. The molecule has 0 aromatic heterocycles. The number of nitrogens with zero attached hydrogens (tertiary/aromatic N) is 1. The normalized spacial score (nSPS) is 17.7. The van der Waals surface area contributed by atoms with Crippen molar-refractivity contribution in [1.82, 2.24) is 4.72 Å². The Kier molecular flexibility index (Phi) is 5.51. The fourth-order valence-corrected chi connectivity index (χ4v) is 4.19. The number of halogens is 1. The quantitative estimate of drug-likeness (QED) is 0.836. The Hall–Kier alpha value is -1.76. The van der Waals surface area contributed by atoms with E-state index >= 15 is 0 Å². The van der Waals surface area contributed by atoms with Crippen molar-refractivity contribution >= 4 is 27.3 Å². The van der Waals surface area contributed by atoms with Crippen molar-refractivity contribution < 1.29 is 13.2 Å². The maximum atomic E-state index is 12.4. The molecule has 2 aromatic carbocycles. The van der Waals surface area contributed by atoms with Crippen molar-refractivity contribution in [3.63, 3.8) is 0 Å². The highest BCUT2D eigenvalue weighted by atomic mass is 35.5. The second kappa shape index (κ2) is 7.64. The predicted octanol–water partition coefficient (Wildman–Crippen LogP) is 3.15. The third-order valence-electron chi connectivity index (χ3n) is 4.41. The number of methoxy groups -OCH3 is 1. The van der Waals surface area contributed by atoms with Crippen molar-refractivity contribution in [3.8, 4) is 5.75 Å². The van der Waals surface area contributed by atoms with Crippen LogP contribution in [0.15, 0.2) is 53.4 Å². The minimum atomic E-state index is -3.50. The topological polar surface area (TPSA) is 58.6 Å². The van der Waals surface area contributed by atoms with E-state index in [1.54, 1.807) is 31.4 Å². The number of hydrogen-bond donors (Lipinski definition) is 1. The molecule has 0 aliphatic carbocycles. The summed E-state index contributed by atoms with van der Waals surface area (Å²) in [6.07, 6.45) is 0.952. The molecule has 0 bridgehead atoms. The van der Waals surface area contributed by atoms with Gasteiger partial charge in [-0.05, 0) is 60.9 Å². The first-order valence-electron chi connectivity index (χ1n) is 8.12. The molecule has 1 saturated heterocycles. The summed E-state index contributed by atoms with van der Waals surface area (Å²) in [5.41, 5.74) is 1.12. The van der Waals surface area contributed by atoms with E-state index in [1.807, 2.05) is 24.3 Å². The first-order valence-corrected chi connectivity index (χ1v) is 9.98. The van der Waals surface area contributed by atoms with Gasteiger partial charge in [-0.15, -0.1) is 0 Å². The number of benzene rings is 2. The summed E-state index contributed by atoms with van der Waals surface area (Å²) in [5.74, 6) is 0.914. The number of anilines is 1. The fraction of sp³-hybridized carbons (Fsp3) is 0.333. The van der Waals surface area contributed by atoms with E-state index in [9.17, 15) is 8.42 Å². The largest absolute Gasteiger partial charge is 0.497 e. The van der Waals surface area contributed by atoms with Crippen LogP contribution in [-0.4, -0.2) is 35.2 Å². The molecule has 5 nitrogen and oxygen atoms in total. The zero-order valence-electron chi connectivity index (χ0n) is 14.0. The lowest BCUT2D eigenvalue weighted by Gasteiger charge is -2.19. The van der Waals surface area contributed by atoms with Gasteiger partial charge in [0.05, 0.1) is 12.0 Å². The molecular weight excluding hydrogens is 360 g/mol. The monoisotopic (exact) mass is 380 g/mol. The lowest BCUT2D eigenvalue weighted by atomic mass is 10.1. The van der Waals surface area contributed by atoms with E-state index in [0.29, 0.717) is 17.3 Å². The second-order valence-electron chi connectivity index (χ2n) is 6.10. The van der Waals surface area contributed by atoms with Crippen LogP contribution in [0.3, 0.4) is 0 Å². The van der Waals surface area contributed by atoms with Crippen LogP contribution in [-0.2, 0) is 10.0 Å². The molecular formula is C18H21ClN2O3S. The zero-order chi connectivity index (χ0) is 17.9. The van der Waals surface area contributed by atoms with Gasteiger partial charge in [0.1, 0.15) is 5.75 Å². The lowest BCUT2D eigenvalue weighted by Crippen LogP contribution is -2.31. The van der Waals surface area contributed by atoms with Crippen LogP contribution in [0.5, 0.6) is 5.75 Å². The van der Waals surface area contributed by atoms with Gasteiger partial charge in [-0.1, -0.05) is 11.6 Å². The SMILES string of the molecule is COc1ccc(S(=O)(=O)NCC2CCN(c3ccc(Cl)cc3)C2)cc1. The molecule has 0 amide bonds. The standard InChI is InChI=1S/C18H21ClN2O3S/c1-24-17-6-8-18(9-7-17)25(22,23)20-12-14-10-11-21(13-14)16-4-2-15(19)3-5-16/h2-9,14,20H,10-13H2,1H3. The Balaban J connectivity index is 1.57. The molecule has 2 aromatic rings. The van der Waals surface area contributed by atoms with Gasteiger partial charge in [0, 0.05) is 30.3 Å². The smallest absolute Gasteiger partial charge is 0.240 e. The Morgan fingerprint density at radius 2 is 1.84 bits per heavy atom. The molecule has 25 heavy (non-hydrogen) atoms. The van der Waals surface area contributed by atoms with Gasteiger partial charge in [-0.3, -0.25) is 0 Å². The summed E-state index contributed by atoms with van der Waals surface area (Å²) in [4.78, 5) is 2.50. The molecule has 0 saturated carbocycles. The van der Waals surface area contributed by atoms with E-state index in [1.165, 1.54) is 0 Å². The first kappa shape index (κ1) is 18.0. The average molecular weight is 381 g/mol. The van der Waals surface area contributed by atoms with E-state index in [2.05, 4.69) is 9.62 Å². The minimum absolute atomic E-state index is 0.251. The van der Waals surface area contributed by atoms with Crippen LogP contribution in [0.25, 0.3) is 0 Å². The highest BCUT2D eigenvalue weighted by Crippen LogP contribution is 2.25. The highest BCUT2D eigenvalue weighted by molar-refractivity contribution is 7.89. The number of hydrogen-bond acceptors (Lipinski definition) is 4. The van der Waals surface area contributed by atoms with Crippen molar-refractivity contribution in [2.75, 3.05) is 31.6 Å². The van der Waals surface area contributed by atoms with Crippen molar-refractivity contribution in [2.45, 2.75) is 11.3 Å². The predicted molar refractivity (Wildman–Crippen MR) is 100.0 cm³/mol. The Morgan fingerprint density at radius 3 is 2.48 bits per heavy atom. The van der Waals surface area contributed by atoms with Crippen molar-refractivity contribution in [1.29, 1.82) is 0 Å². The lowest BCUT2D eigenvalue weighted by molar-refractivity contribution is 0.414. The summed E-state index contributed by atoms with van der Waals surface area (Å²) in [6, 6.07) is 14.1. The van der Waals surface area contributed by atoms with E-state index < -0.39 is 10.0 Å². The van der Waals surface area contributed by atoms with Gasteiger partial charge < -0.3 is 9.64 Å². The van der Waals surface area contributed by atoms with Crippen LogP contribution >= 0.6 is 11.6 Å². The van der Waals surface area contributed by atoms with Crippen LogP contribution in [0.1, 0.15) is 6.42 Å². The van der Waals surface area contributed by atoms with Gasteiger partial charge in [-0.2, -0.15) is 0 Å². The third-order valence-corrected chi connectivity index (χ3v) is 6.10. The summed E-state index contributed by atoms with van der Waals surface area (Å²) < 4.78 is 32.6. The van der Waals surface area contributed by atoms with Gasteiger partial charge >= 0.3 is 0 Å². The summed E-state index contributed by atoms with van der Waals surface area (Å²) in [5, 5.41) is 0.715. The van der Waals surface area contributed by atoms with E-state index in [4.69, 9.17) is 16.3 Å². The first-order chi connectivity index (χ1) is 12.0. The van der Waals surface area contributed by atoms with E-state index in [0.717, 1.165) is 25.2 Å². The van der Waals surface area contributed by atoms with Crippen LogP contribution in [0, 0.1) is 5.92 Å². The molecule has 0 spiro atoms.